The molecule has 9 nitrogen and oxygen atoms in total. The van der Waals surface area contributed by atoms with Crippen LogP contribution in [0.4, 0.5) is 0 Å². The van der Waals surface area contributed by atoms with Crippen LogP contribution in [0.3, 0.4) is 0 Å². The van der Waals surface area contributed by atoms with Crippen molar-refractivity contribution in [1.29, 1.82) is 0 Å². The van der Waals surface area contributed by atoms with E-state index in [1.807, 2.05) is 4.83 Å². The Morgan fingerprint density at radius 1 is 1.04 bits per heavy atom. The number of carbonyl (C=O) groups is 1. The second-order valence-corrected chi connectivity index (χ2v) is 7.46. The summed E-state index contributed by atoms with van der Waals surface area (Å²) in [5.41, 5.74) is 2.11. The number of hydrazine groups is 1. The zero-order chi connectivity index (χ0) is 20.0. The highest BCUT2D eigenvalue weighted by molar-refractivity contribution is 7.89. The van der Waals surface area contributed by atoms with Crippen molar-refractivity contribution >= 4 is 15.9 Å². The number of amides is 1. The van der Waals surface area contributed by atoms with Gasteiger partial charge in [-0.2, -0.15) is 0 Å². The van der Waals surface area contributed by atoms with Crippen molar-refractivity contribution in [1.82, 2.24) is 10.3 Å². The molecule has 0 unspecified atom stereocenters. The summed E-state index contributed by atoms with van der Waals surface area (Å²) in [6.07, 6.45) is 0.708. The molecule has 0 atom stereocenters. The third-order valence-corrected chi connectivity index (χ3v) is 5.03. The van der Waals surface area contributed by atoms with E-state index in [9.17, 15) is 13.2 Å². The van der Waals surface area contributed by atoms with Crippen LogP contribution < -0.4 is 29.2 Å². The van der Waals surface area contributed by atoms with E-state index in [1.165, 1.54) is 18.2 Å². The first-order chi connectivity index (χ1) is 13.5. The van der Waals surface area contributed by atoms with Crippen molar-refractivity contribution < 1.29 is 32.2 Å². The fraction of sp³-hybridized carbons (Fsp3) is 0.278. The van der Waals surface area contributed by atoms with Gasteiger partial charge in [0.2, 0.25) is 0 Å². The molecule has 2 aromatic rings. The highest BCUT2D eigenvalue weighted by Crippen LogP contribution is 2.31. The minimum absolute atomic E-state index is 0.0619. The molecule has 150 valence electrons. The van der Waals surface area contributed by atoms with E-state index in [2.05, 4.69) is 5.43 Å². The van der Waals surface area contributed by atoms with E-state index in [4.69, 9.17) is 18.9 Å². The predicted octanol–water partition coefficient (Wildman–Crippen LogP) is 1.24. The SMILES string of the molecule is COc1ccc(OCC(=O)NNS(=O)(=O)c2ccc3c(c2)OCCCO3)cc1. The van der Waals surface area contributed by atoms with Crippen LogP contribution in [0.2, 0.25) is 0 Å². The lowest BCUT2D eigenvalue weighted by Gasteiger charge is -2.12. The predicted molar refractivity (Wildman–Crippen MR) is 99.0 cm³/mol. The maximum atomic E-state index is 12.4. The normalized spacial score (nSPS) is 13.3. The first kappa shape index (κ1) is 19.8. The van der Waals surface area contributed by atoms with Gasteiger partial charge < -0.3 is 18.9 Å². The van der Waals surface area contributed by atoms with Crippen molar-refractivity contribution in [3.8, 4) is 23.0 Å². The van der Waals surface area contributed by atoms with Crippen molar-refractivity contribution in [3.63, 3.8) is 0 Å². The third-order valence-electron chi connectivity index (χ3n) is 3.78. The molecule has 0 radical (unpaired) electrons. The zero-order valence-electron chi connectivity index (χ0n) is 15.1. The average Bonchev–Trinajstić information content (AvgIpc) is 2.96. The van der Waals surface area contributed by atoms with Gasteiger partial charge in [-0.15, -0.1) is 4.83 Å². The number of ether oxygens (including phenoxy) is 4. The summed E-state index contributed by atoms with van der Waals surface area (Å²) in [5.74, 6) is 1.26. The second kappa shape index (κ2) is 8.81. The average molecular weight is 408 g/mol. The quantitative estimate of drug-likeness (QED) is 0.663. The lowest BCUT2D eigenvalue weighted by molar-refractivity contribution is -0.123. The molecule has 0 spiro atoms. The van der Waals surface area contributed by atoms with E-state index in [1.54, 1.807) is 31.4 Å². The van der Waals surface area contributed by atoms with Crippen LogP contribution in [0.5, 0.6) is 23.0 Å². The third kappa shape index (κ3) is 5.05. The van der Waals surface area contributed by atoms with Crippen molar-refractivity contribution in [2.75, 3.05) is 26.9 Å². The fourth-order valence-corrected chi connectivity index (χ4v) is 3.23. The number of rotatable bonds is 7. The van der Waals surface area contributed by atoms with Gasteiger partial charge in [-0.3, -0.25) is 10.2 Å². The van der Waals surface area contributed by atoms with Gasteiger partial charge in [-0.1, -0.05) is 0 Å². The molecule has 28 heavy (non-hydrogen) atoms. The van der Waals surface area contributed by atoms with Crippen LogP contribution in [-0.4, -0.2) is 41.3 Å². The standard InChI is InChI=1S/C18H20N2O7S/c1-24-13-3-5-14(6-4-13)27-12-18(21)19-20-28(22,23)15-7-8-16-17(11-15)26-10-2-9-25-16/h3-8,11,20H,2,9-10,12H2,1H3,(H,19,21). The molecule has 0 bridgehead atoms. The molecule has 3 rings (SSSR count). The highest BCUT2D eigenvalue weighted by atomic mass is 32.2. The van der Waals surface area contributed by atoms with Gasteiger partial charge in [0.1, 0.15) is 11.5 Å². The van der Waals surface area contributed by atoms with Gasteiger partial charge in [0.15, 0.2) is 18.1 Å². The Bertz CT molecular complexity index is 929. The van der Waals surface area contributed by atoms with Gasteiger partial charge in [-0.05, 0) is 36.4 Å². The lowest BCUT2D eigenvalue weighted by Crippen LogP contribution is -2.43. The van der Waals surface area contributed by atoms with Crippen LogP contribution in [0, 0.1) is 0 Å². The minimum Gasteiger partial charge on any atom is -0.497 e. The Balaban J connectivity index is 1.55. The van der Waals surface area contributed by atoms with Crippen LogP contribution >= 0.6 is 0 Å². The molecule has 0 fully saturated rings. The molecule has 10 heteroatoms. The molecule has 1 amide bonds. The summed E-state index contributed by atoms with van der Waals surface area (Å²) >= 11 is 0. The van der Waals surface area contributed by atoms with Gasteiger partial charge in [0.25, 0.3) is 15.9 Å². The molecular weight excluding hydrogens is 388 g/mol. The Morgan fingerprint density at radius 2 is 1.71 bits per heavy atom. The van der Waals surface area contributed by atoms with Crippen LogP contribution in [0.1, 0.15) is 6.42 Å². The lowest BCUT2D eigenvalue weighted by atomic mass is 10.3. The summed E-state index contributed by atoms with van der Waals surface area (Å²) in [6, 6.07) is 10.9. The van der Waals surface area contributed by atoms with Crippen molar-refractivity contribution in [3.05, 3.63) is 42.5 Å². The van der Waals surface area contributed by atoms with E-state index < -0.39 is 15.9 Å². The molecule has 0 aromatic heterocycles. The number of methoxy groups -OCH3 is 1. The Labute approximate surface area is 162 Å². The summed E-state index contributed by atoms with van der Waals surface area (Å²) in [4.78, 5) is 13.8. The van der Waals surface area contributed by atoms with Crippen LogP contribution in [-0.2, 0) is 14.8 Å². The molecule has 0 saturated carbocycles. The number of sulfonamides is 1. The van der Waals surface area contributed by atoms with Crippen LogP contribution in [0.15, 0.2) is 47.4 Å². The molecule has 2 N–H and O–H groups in total. The highest BCUT2D eigenvalue weighted by Gasteiger charge is 2.19. The monoisotopic (exact) mass is 408 g/mol. The second-order valence-electron chi connectivity index (χ2n) is 5.78. The number of hydrogen-bond acceptors (Lipinski definition) is 7. The smallest absolute Gasteiger partial charge is 0.272 e. The first-order valence-corrected chi connectivity index (χ1v) is 9.93. The number of hydrogen-bond donors (Lipinski definition) is 2. The summed E-state index contributed by atoms with van der Waals surface area (Å²) < 4.78 is 46.0. The Kier molecular flexibility index (Phi) is 6.22. The Morgan fingerprint density at radius 3 is 2.43 bits per heavy atom. The van der Waals surface area contributed by atoms with E-state index in [0.29, 0.717) is 42.6 Å². The van der Waals surface area contributed by atoms with Gasteiger partial charge in [0, 0.05) is 12.5 Å². The van der Waals surface area contributed by atoms with Crippen LogP contribution in [0.25, 0.3) is 0 Å². The maximum absolute atomic E-state index is 12.4. The first-order valence-electron chi connectivity index (χ1n) is 8.45. The summed E-state index contributed by atoms with van der Waals surface area (Å²) in [6.45, 7) is 0.570. The largest absolute Gasteiger partial charge is 0.497 e. The topological polar surface area (TPSA) is 112 Å². The number of nitrogens with one attached hydrogen (secondary N) is 2. The van der Waals surface area contributed by atoms with E-state index >= 15 is 0 Å². The maximum Gasteiger partial charge on any atom is 0.272 e. The van der Waals surface area contributed by atoms with Gasteiger partial charge in [-0.25, -0.2) is 8.42 Å². The summed E-state index contributed by atoms with van der Waals surface area (Å²) in [7, 11) is -2.44. The zero-order valence-corrected chi connectivity index (χ0v) is 16.0. The Hall–Kier alpha value is -2.98. The fourth-order valence-electron chi connectivity index (χ4n) is 2.35. The minimum atomic E-state index is -3.98. The molecule has 2 aromatic carbocycles. The summed E-state index contributed by atoms with van der Waals surface area (Å²) in [5, 5.41) is 0. The van der Waals surface area contributed by atoms with Crippen molar-refractivity contribution in [2.24, 2.45) is 0 Å². The number of carbonyl (C=O) groups excluding carboxylic acids is 1. The van der Waals surface area contributed by atoms with E-state index in [0.717, 1.165) is 0 Å². The van der Waals surface area contributed by atoms with Gasteiger partial charge >= 0.3 is 0 Å². The molecule has 1 heterocycles. The molecule has 0 saturated heterocycles. The molecule has 0 aliphatic carbocycles. The number of fused-ring (bicyclic) bond motifs is 1. The molecule has 1 aliphatic rings. The van der Waals surface area contributed by atoms with E-state index in [-0.39, 0.29) is 11.5 Å². The number of benzene rings is 2. The molecule has 1 aliphatic heterocycles. The van der Waals surface area contributed by atoms with Gasteiger partial charge in [0.05, 0.1) is 25.2 Å². The molecular formula is C18H20N2O7S. The van der Waals surface area contributed by atoms with Crippen molar-refractivity contribution in [2.45, 2.75) is 11.3 Å².